The summed E-state index contributed by atoms with van der Waals surface area (Å²) in [4.78, 5) is 23.3. The first-order valence-corrected chi connectivity index (χ1v) is 6.57. The van der Waals surface area contributed by atoms with Crippen molar-refractivity contribution in [2.45, 2.75) is 0 Å². The Morgan fingerprint density at radius 2 is 2.05 bits per heavy atom. The van der Waals surface area contributed by atoms with Gasteiger partial charge in [0, 0.05) is 5.56 Å². The molecule has 2 aromatic rings. The summed E-state index contributed by atoms with van der Waals surface area (Å²) in [5, 5.41) is 0. The number of amides is 1. The molecule has 0 spiro atoms. The molecular formula is C13H10ClNO3S. The lowest BCUT2D eigenvalue weighted by molar-refractivity contribution is 0.0925. The van der Waals surface area contributed by atoms with Crippen LogP contribution in [0.4, 0.5) is 0 Å². The molecular weight excluding hydrogens is 286 g/mol. The lowest BCUT2D eigenvalue weighted by atomic mass is 10.2. The molecule has 2 rings (SSSR count). The van der Waals surface area contributed by atoms with Crippen LogP contribution >= 0.6 is 22.9 Å². The average molecular weight is 296 g/mol. The molecule has 0 aliphatic rings. The molecule has 0 bridgehead atoms. The number of rotatable bonds is 5. The second kappa shape index (κ2) is 5.86. The molecule has 0 saturated heterocycles. The van der Waals surface area contributed by atoms with Gasteiger partial charge in [-0.15, -0.1) is 11.3 Å². The maximum absolute atomic E-state index is 11.8. The van der Waals surface area contributed by atoms with Gasteiger partial charge in [-0.2, -0.15) is 0 Å². The number of primary amides is 1. The number of hydrogen-bond acceptors (Lipinski definition) is 4. The van der Waals surface area contributed by atoms with Crippen molar-refractivity contribution in [3.63, 3.8) is 0 Å². The molecule has 0 aliphatic carbocycles. The van der Waals surface area contributed by atoms with Crippen LogP contribution in [0, 0.1) is 0 Å². The second-order valence-corrected chi connectivity index (χ2v) is 5.42. The van der Waals surface area contributed by atoms with Gasteiger partial charge in [-0.1, -0.05) is 17.7 Å². The summed E-state index contributed by atoms with van der Waals surface area (Å²) in [6, 6.07) is 9.68. The third-order valence-corrected chi connectivity index (χ3v) is 3.61. The highest BCUT2D eigenvalue weighted by molar-refractivity contribution is 7.18. The van der Waals surface area contributed by atoms with Gasteiger partial charge >= 0.3 is 0 Å². The van der Waals surface area contributed by atoms with E-state index in [4.69, 9.17) is 22.1 Å². The Labute approximate surface area is 118 Å². The van der Waals surface area contributed by atoms with E-state index in [1.807, 2.05) is 0 Å². The van der Waals surface area contributed by atoms with Crippen LogP contribution in [-0.2, 0) is 0 Å². The molecule has 2 N–H and O–H groups in total. The van der Waals surface area contributed by atoms with E-state index in [9.17, 15) is 9.59 Å². The lowest BCUT2D eigenvalue weighted by Gasteiger charge is -2.05. The number of hydrogen-bond donors (Lipinski definition) is 1. The van der Waals surface area contributed by atoms with E-state index in [0.29, 0.717) is 20.5 Å². The van der Waals surface area contributed by atoms with Crippen LogP contribution in [0.2, 0.25) is 4.34 Å². The molecule has 0 fully saturated rings. The van der Waals surface area contributed by atoms with Crippen LogP contribution in [0.3, 0.4) is 0 Å². The Hall–Kier alpha value is -1.85. The van der Waals surface area contributed by atoms with Gasteiger partial charge in [0.25, 0.3) is 0 Å². The predicted octanol–water partition coefficient (Wildman–Crippen LogP) is 2.76. The van der Waals surface area contributed by atoms with Gasteiger partial charge in [0.15, 0.2) is 6.61 Å². The minimum atomic E-state index is -0.540. The third kappa shape index (κ3) is 3.56. The van der Waals surface area contributed by atoms with Crippen molar-refractivity contribution < 1.29 is 14.3 Å². The highest BCUT2D eigenvalue weighted by Crippen LogP contribution is 2.22. The summed E-state index contributed by atoms with van der Waals surface area (Å²) in [6.07, 6.45) is 0. The molecule has 0 unspecified atom stereocenters. The molecule has 98 valence electrons. The zero-order valence-electron chi connectivity index (χ0n) is 9.76. The van der Waals surface area contributed by atoms with Crippen molar-refractivity contribution in [1.29, 1.82) is 0 Å². The number of thiophene rings is 1. The third-order valence-electron chi connectivity index (χ3n) is 2.34. The van der Waals surface area contributed by atoms with Gasteiger partial charge in [0.2, 0.25) is 11.7 Å². The number of carbonyl (C=O) groups excluding carboxylic acids is 2. The number of nitrogens with two attached hydrogens (primary N) is 1. The van der Waals surface area contributed by atoms with Crippen molar-refractivity contribution in [2.75, 3.05) is 6.61 Å². The fourth-order valence-corrected chi connectivity index (χ4v) is 2.39. The smallest absolute Gasteiger partial charge is 0.248 e. The van der Waals surface area contributed by atoms with E-state index in [1.54, 1.807) is 30.3 Å². The van der Waals surface area contributed by atoms with Gasteiger partial charge in [-0.3, -0.25) is 9.59 Å². The van der Waals surface area contributed by atoms with E-state index >= 15 is 0 Å². The van der Waals surface area contributed by atoms with Gasteiger partial charge < -0.3 is 10.5 Å². The fourth-order valence-electron chi connectivity index (χ4n) is 1.42. The Bertz CT molecular complexity index is 624. The first kappa shape index (κ1) is 13.6. The van der Waals surface area contributed by atoms with Gasteiger partial charge in [-0.05, 0) is 30.3 Å². The zero-order chi connectivity index (χ0) is 13.8. The summed E-state index contributed by atoms with van der Waals surface area (Å²) in [7, 11) is 0. The second-order valence-electron chi connectivity index (χ2n) is 3.71. The van der Waals surface area contributed by atoms with E-state index in [2.05, 4.69) is 0 Å². The Balaban J connectivity index is 2.01. The van der Waals surface area contributed by atoms with Gasteiger partial charge in [0.05, 0.1) is 9.21 Å². The highest BCUT2D eigenvalue weighted by atomic mass is 35.5. The number of Topliss-reactive ketones (excluding diaryl/α,β-unsaturated/α-hetero) is 1. The first-order valence-electron chi connectivity index (χ1n) is 5.37. The number of halogens is 1. The standard InChI is InChI=1S/C13H10ClNO3S/c14-12-5-4-11(19-12)10(16)7-18-9-3-1-2-8(6-9)13(15)17/h1-6H,7H2,(H2,15,17). The van der Waals surface area contributed by atoms with Crippen molar-refractivity contribution in [1.82, 2.24) is 0 Å². The number of ether oxygens (including phenoxy) is 1. The van der Waals surface area contributed by atoms with Crippen molar-refractivity contribution in [3.05, 3.63) is 51.2 Å². The summed E-state index contributed by atoms with van der Waals surface area (Å²) < 4.78 is 5.88. The topological polar surface area (TPSA) is 69.4 Å². The largest absolute Gasteiger partial charge is 0.485 e. The monoisotopic (exact) mass is 295 g/mol. The zero-order valence-corrected chi connectivity index (χ0v) is 11.3. The van der Waals surface area contributed by atoms with Crippen molar-refractivity contribution in [2.24, 2.45) is 5.73 Å². The minimum absolute atomic E-state index is 0.112. The Kier molecular flexibility index (Phi) is 4.19. The SMILES string of the molecule is NC(=O)c1cccc(OCC(=O)c2ccc(Cl)s2)c1. The Morgan fingerprint density at radius 1 is 1.26 bits per heavy atom. The van der Waals surface area contributed by atoms with Crippen LogP contribution in [0.1, 0.15) is 20.0 Å². The lowest BCUT2D eigenvalue weighted by Crippen LogP contribution is -2.12. The molecule has 19 heavy (non-hydrogen) atoms. The van der Waals surface area contributed by atoms with Crippen LogP contribution in [0.15, 0.2) is 36.4 Å². The fraction of sp³-hybridized carbons (Fsp3) is 0.0769. The minimum Gasteiger partial charge on any atom is -0.485 e. The summed E-state index contributed by atoms with van der Waals surface area (Å²) >= 11 is 6.95. The molecule has 4 nitrogen and oxygen atoms in total. The normalized spacial score (nSPS) is 10.2. The van der Waals surface area contributed by atoms with E-state index in [0.717, 1.165) is 0 Å². The van der Waals surface area contributed by atoms with Gasteiger partial charge in [0.1, 0.15) is 5.75 Å². The molecule has 1 heterocycles. The maximum atomic E-state index is 11.8. The summed E-state index contributed by atoms with van der Waals surface area (Å²) in [5.41, 5.74) is 5.50. The molecule has 1 amide bonds. The molecule has 1 aromatic carbocycles. The van der Waals surface area contributed by atoms with Crippen molar-refractivity contribution >= 4 is 34.6 Å². The average Bonchev–Trinajstić information content (AvgIpc) is 2.83. The van der Waals surface area contributed by atoms with E-state index in [1.165, 1.54) is 17.4 Å². The summed E-state index contributed by atoms with van der Waals surface area (Å²) in [6.45, 7) is -0.112. The molecule has 0 radical (unpaired) electrons. The van der Waals surface area contributed by atoms with Crippen LogP contribution in [0.25, 0.3) is 0 Å². The molecule has 1 aromatic heterocycles. The van der Waals surface area contributed by atoms with E-state index in [-0.39, 0.29) is 12.4 Å². The molecule has 6 heteroatoms. The van der Waals surface area contributed by atoms with Crippen LogP contribution in [0.5, 0.6) is 5.75 Å². The number of ketones is 1. The molecule has 0 saturated carbocycles. The number of benzene rings is 1. The summed E-state index contributed by atoms with van der Waals surface area (Å²) in [5.74, 6) is -0.282. The molecule has 0 atom stereocenters. The van der Waals surface area contributed by atoms with Gasteiger partial charge in [-0.25, -0.2) is 0 Å². The Morgan fingerprint density at radius 3 is 2.68 bits per heavy atom. The predicted molar refractivity (Wildman–Crippen MR) is 74.1 cm³/mol. The van der Waals surface area contributed by atoms with Crippen LogP contribution < -0.4 is 10.5 Å². The van der Waals surface area contributed by atoms with E-state index < -0.39 is 5.91 Å². The maximum Gasteiger partial charge on any atom is 0.248 e. The number of carbonyl (C=O) groups is 2. The van der Waals surface area contributed by atoms with Crippen LogP contribution in [-0.4, -0.2) is 18.3 Å². The molecule has 0 aliphatic heterocycles. The first-order chi connectivity index (χ1) is 9.06. The van der Waals surface area contributed by atoms with Crippen molar-refractivity contribution in [3.8, 4) is 5.75 Å². The highest BCUT2D eigenvalue weighted by Gasteiger charge is 2.10. The quantitative estimate of drug-likeness (QED) is 0.862.